The van der Waals surface area contributed by atoms with E-state index in [4.69, 9.17) is 0 Å². The van der Waals surface area contributed by atoms with Gasteiger partial charge in [-0.05, 0) is 48.9 Å². The molecule has 0 aliphatic heterocycles. The van der Waals surface area contributed by atoms with E-state index in [0.29, 0.717) is 10.8 Å². The average Bonchev–Trinajstić information content (AvgIpc) is 2.37. The zero-order chi connectivity index (χ0) is 13.3. The molecular formula is C17H32. The van der Waals surface area contributed by atoms with Crippen molar-refractivity contribution in [2.45, 2.75) is 74.1 Å². The second-order valence-corrected chi connectivity index (χ2v) is 7.99. The van der Waals surface area contributed by atoms with Gasteiger partial charge in [-0.2, -0.15) is 0 Å². The lowest BCUT2D eigenvalue weighted by Gasteiger charge is -2.31. The van der Waals surface area contributed by atoms with E-state index in [1.54, 1.807) is 5.57 Å². The maximum atomic E-state index is 2.46. The van der Waals surface area contributed by atoms with Gasteiger partial charge in [0, 0.05) is 0 Å². The molecule has 1 rings (SSSR count). The van der Waals surface area contributed by atoms with Gasteiger partial charge in [0.1, 0.15) is 0 Å². The van der Waals surface area contributed by atoms with Crippen LogP contribution in [0.2, 0.25) is 0 Å². The molecule has 17 heavy (non-hydrogen) atoms. The molecular weight excluding hydrogens is 204 g/mol. The third kappa shape index (κ3) is 4.16. The van der Waals surface area contributed by atoms with Gasteiger partial charge in [-0.1, -0.05) is 59.6 Å². The van der Waals surface area contributed by atoms with E-state index in [1.165, 1.54) is 25.7 Å². The van der Waals surface area contributed by atoms with E-state index < -0.39 is 0 Å². The summed E-state index contributed by atoms with van der Waals surface area (Å²) in [6.45, 7) is 16.6. The van der Waals surface area contributed by atoms with Crippen LogP contribution in [-0.4, -0.2) is 0 Å². The largest absolute Gasteiger partial charge is 0.0848 e. The quantitative estimate of drug-likeness (QED) is 0.539. The standard InChI is InChI=1S/C17H32/c1-13(12-16(3,4)5)8-10-15-11-9-14(2)17(15,6)7/h9,13,15H,8,10-12H2,1-7H3. The molecule has 0 amide bonds. The van der Waals surface area contributed by atoms with Crippen molar-refractivity contribution in [3.63, 3.8) is 0 Å². The average molecular weight is 236 g/mol. The van der Waals surface area contributed by atoms with Gasteiger partial charge in [-0.25, -0.2) is 0 Å². The fourth-order valence-electron chi connectivity index (χ4n) is 3.31. The van der Waals surface area contributed by atoms with E-state index in [-0.39, 0.29) is 0 Å². The van der Waals surface area contributed by atoms with E-state index in [0.717, 1.165) is 11.8 Å². The Labute approximate surface area is 109 Å². The number of hydrogen-bond donors (Lipinski definition) is 0. The lowest BCUT2D eigenvalue weighted by atomic mass is 9.74. The summed E-state index contributed by atoms with van der Waals surface area (Å²) in [5, 5.41) is 0. The second kappa shape index (κ2) is 5.16. The van der Waals surface area contributed by atoms with Crippen molar-refractivity contribution in [2.24, 2.45) is 22.7 Å². The van der Waals surface area contributed by atoms with Gasteiger partial charge in [0.15, 0.2) is 0 Å². The van der Waals surface area contributed by atoms with E-state index in [2.05, 4.69) is 54.5 Å². The van der Waals surface area contributed by atoms with E-state index in [9.17, 15) is 0 Å². The second-order valence-electron chi connectivity index (χ2n) is 7.99. The van der Waals surface area contributed by atoms with Gasteiger partial charge in [0.05, 0.1) is 0 Å². The third-order valence-corrected chi connectivity index (χ3v) is 4.71. The van der Waals surface area contributed by atoms with Crippen molar-refractivity contribution in [1.82, 2.24) is 0 Å². The van der Waals surface area contributed by atoms with Crippen LogP contribution in [0, 0.1) is 22.7 Å². The lowest BCUT2D eigenvalue weighted by Crippen LogP contribution is -2.21. The first-order valence-corrected chi connectivity index (χ1v) is 7.30. The lowest BCUT2D eigenvalue weighted by molar-refractivity contribution is 0.233. The number of rotatable bonds is 4. The van der Waals surface area contributed by atoms with Crippen LogP contribution in [0.1, 0.15) is 74.1 Å². The molecule has 0 bridgehead atoms. The summed E-state index contributed by atoms with van der Waals surface area (Å²) < 4.78 is 0. The Morgan fingerprint density at radius 3 is 2.35 bits per heavy atom. The van der Waals surface area contributed by atoms with Gasteiger partial charge in [-0.3, -0.25) is 0 Å². The predicted octanol–water partition coefficient (Wildman–Crippen LogP) is 5.83. The summed E-state index contributed by atoms with van der Waals surface area (Å²) in [6, 6.07) is 0. The predicted molar refractivity (Wildman–Crippen MR) is 78.1 cm³/mol. The van der Waals surface area contributed by atoms with Crippen LogP contribution in [0.4, 0.5) is 0 Å². The van der Waals surface area contributed by atoms with Crippen molar-refractivity contribution in [2.75, 3.05) is 0 Å². The highest BCUT2D eigenvalue weighted by Gasteiger charge is 2.34. The fourth-order valence-corrected chi connectivity index (χ4v) is 3.31. The molecule has 0 heterocycles. The maximum Gasteiger partial charge on any atom is -0.0116 e. The zero-order valence-electron chi connectivity index (χ0n) is 13.1. The minimum absolute atomic E-state index is 0.446. The highest BCUT2D eigenvalue weighted by Crippen LogP contribution is 2.45. The molecule has 1 aliphatic carbocycles. The summed E-state index contributed by atoms with van der Waals surface area (Å²) >= 11 is 0. The Hall–Kier alpha value is -0.260. The van der Waals surface area contributed by atoms with E-state index >= 15 is 0 Å². The zero-order valence-corrected chi connectivity index (χ0v) is 13.1. The van der Waals surface area contributed by atoms with Gasteiger partial charge < -0.3 is 0 Å². The van der Waals surface area contributed by atoms with E-state index in [1.807, 2.05) is 0 Å². The first-order valence-electron chi connectivity index (χ1n) is 7.30. The third-order valence-electron chi connectivity index (χ3n) is 4.71. The summed E-state index contributed by atoms with van der Waals surface area (Å²) in [5.74, 6) is 1.75. The Morgan fingerprint density at radius 2 is 1.94 bits per heavy atom. The molecule has 0 spiro atoms. The van der Waals surface area contributed by atoms with Crippen LogP contribution < -0.4 is 0 Å². The molecule has 0 nitrogen and oxygen atoms in total. The molecule has 100 valence electrons. The molecule has 0 fully saturated rings. The smallest absolute Gasteiger partial charge is 0.0116 e. The summed E-state index contributed by atoms with van der Waals surface area (Å²) in [5.41, 5.74) is 2.53. The topological polar surface area (TPSA) is 0 Å². The van der Waals surface area contributed by atoms with Crippen molar-refractivity contribution >= 4 is 0 Å². The van der Waals surface area contributed by atoms with Crippen LogP contribution in [-0.2, 0) is 0 Å². The Balaban J connectivity index is 2.38. The molecule has 0 N–H and O–H groups in total. The number of allylic oxidation sites excluding steroid dienone is 2. The summed E-state index contributed by atoms with van der Waals surface area (Å²) in [6.07, 6.45) is 7.91. The van der Waals surface area contributed by atoms with Crippen molar-refractivity contribution in [3.05, 3.63) is 11.6 Å². The fraction of sp³-hybridized carbons (Fsp3) is 0.882. The van der Waals surface area contributed by atoms with Crippen molar-refractivity contribution in [3.8, 4) is 0 Å². The molecule has 0 aromatic rings. The molecule has 0 radical (unpaired) electrons. The van der Waals surface area contributed by atoms with Crippen LogP contribution in [0.15, 0.2) is 11.6 Å². The number of hydrogen-bond acceptors (Lipinski definition) is 0. The van der Waals surface area contributed by atoms with Gasteiger partial charge >= 0.3 is 0 Å². The molecule has 0 saturated heterocycles. The molecule has 0 aromatic heterocycles. The normalized spacial score (nSPS) is 25.8. The first-order chi connectivity index (χ1) is 7.63. The Bertz CT molecular complexity index is 275. The highest BCUT2D eigenvalue weighted by molar-refractivity contribution is 5.18. The molecule has 2 atom stereocenters. The molecule has 0 aromatic carbocycles. The molecule has 0 heteroatoms. The van der Waals surface area contributed by atoms with Crippen molar-refractivity contribution in [1.29, 1.82) is 0 Å². The van der Waals surface area contributed by atoms with Gasteiger partial charge in [0.2, 0.25) is 0 Å². The van der Waals surface area contributed by atoms with Crippen LogP contribution in [0.5, 0.6) is 0 Å². The Morgan fingerprint density at radius 1 is 1.35 bits per heavy atom. The summed E-state index contributed by atoms with van der Waals surface area (Å²) in [7, 11) is 0. The monoisotopic (exact) mass is 236 g/mol. The molecule has 0 saturated carbocycles. The summed E-state index contributed by atoms with van der Waals surface area (Å²) in [4.78, 5) is 0. The minimum Gasteiger partial charge on any atom is -0.0848 e. The molecule has 1 aliphatic rings. The Kier molecular flexibility index (Phi) is 4.49. The SMILES string of the molecule is CC1=CCC(CCC(C)CC(C)(C)C)C1(C)C. The van der Waals surface area contributed by atoms with Crippen LogP contribution in [0.3, 0.4) is 0 Å². The molecule has 2 unspecified atom stereocenters. The van der Waals surface area contributed by atoms with Crippen LogP contribution >= 0.6 is 0 Å². The van der Waals surface area contributed by atoms with Gasteiger partial charge in [-0.15, -0.1) is 0 Å². The van der Waals surface area contributed by atoms with Gasteiger partial charge in [0.25, 0.3) is 0 Å². The minimum atomic E-state index is 0.446. The first kappa shape index (κ1) is 14.8. The highest BCUT2D eigenvalue weighted by atomic mass is 14.4. The maximum absolute atomic E-state index is 2.46. The van der Waals surface area contributed by atoms with Crippen molar-refractivity contribution < 1.29 is 0 Å². The van der Waals surface area contributed by atoms with Crippen LogP contribution in [0.25, 0.3) is 0 Å².